The van der Waals surface area contributed by atoms with Crippen LogP contribution in [0.5, 0.6) is 0 Å². The standard InChI is InChI=1S/C3H6I/c1-3-4-2/h3H,1H2,2H3/q+1. The van der Waals surface area contributed by atoms with Crippen molar-refractivity contribution in [1.82, 2.24) is 0 Å². The van der Waals surface area contributed by atoms with E-state index < -0.39 is 0 Å². The van der Waals surface area contributed by atoms with Crippen molar-refractivity contribution in [3.63, 3.8) is 0 Å². The topological polar surface area (TPSA) is 0 Å². The first-order chi connectivity index (χ1) is 1.91. The van der Waals surface area contributed by atoms with Crippen molar-refractivity contribution in [2.75, 3.05) is 4.93 Å². The predicted molar refractivity (Wildman–Crippen MR) is 16.1 cm³/mol. The fraction of sp³-hybridized carbons (Fsp3) is 0.333. The molecule has 0 rings (SSSR count). The van der Waals surface area contributed by atoms with Crippen molar-refractivity contribution in [3.05, 3.63) is 10.7 Å². The highest BCUT2D eigenvalue weighted by Crippen LogP contribution is 1.03. The van der Waals surface area contributed by atoms with Crippen LogP contribution < -0.4 is 21.2 Å². The summed E-state index contributed by atoms with van der Waals surface area (Å²) >= 11 is 0.374. The Hall–Kier alpha value is 0.470. The summed E-state index contributed by atoms with van der Waals surface area (Å²) in [5.74, 6) is 0. The Kier molecular flexibility index (Phi) is 3.88. The fourth-order valence-corrected chi connectivity index (χ4v) is 0. The summed E-state index contributed by atoms with van der Waals surface area (Å²) in [6.45, 7) is 3.53. The van der Waals surface area contributed by atoms with Crippen molar-refractivity contribution in [2.24, 2.45) is 0 Å². The zero-order valence-electron chi connectivity index (χ0n) is 2.66. The normalized spacial score (nSPS) is 6.25. The van der Waals surface area contributed by atoms with Crippen LogP contribution in [-0.4, -0.2) is 4.93 Å². The van der Waals surface area contributed by atoms with E-state index in [1.54, 1.807) is 0 Å². The van der Waals surface area contributed by atoms with E-state index in [2.05, 4.69) is 11.5 Å². The summed E-state index contributed by atoms with van der Waals surface area (Å²) in [4.78, 5) is 2.17. The van der Waals surface area contributed by atoms with Gasteiger partial charge in [-0.1, -0.05) is 6.58 Å². The molecule has 4 heavy (non-hydrogen) atoms. The van der Waals surface area contributed by atoms with Gasteiger partial charge in [0.2, 0.25) is 0 Å². The minimum Gasteiger partial charge on any atom is -0.0530 e. The molecular weight excluding hydrogens is 163 g/mol. The molecule has 24 valence electrons. The van der Waals surface area contributed by atoms with Gasteiger partial charge in [-0.15, -0.1) is 0 Å². The van der Waals surface area contributed by atoms with Gasteiger partial charge in [-0.2, -0.15) is 0 Å². The minimum atomic E-state index is 0.374. The van der Waals surface area contributed by atoms with Gasteiger partial charge < -0.3 is 0 Å². The van der Waals surface area contributed by atoms with Crippen LogP contribution in [0.15, 0.2) is 10.7 Å². The Morgan fingerprint density at radius 3 is 2.25 bits per heavy atom. The van der Waals surface area contributed by atoms with E-state index >= 15 is 0 Å². The summed E-state index contributed by atoms with van der Waals surface area (Å²) in [6.07, 6.45) is 0. The van der Waals surface area contributed by atoms with E-state index in [0.717, 1.165) is 0 Å². The van der Waals surface area contributed by atoms with Crippen LogP contribution in [0.3, 0.4) is 0 Å². The van der Waals surface area contributed by atoms with E-state index in [-0.39, 0.29) is 0 Å². The number of rotatable bonds is 1. The highest BCUT2D eigenvalue weighted by molar-refractivity contribution is 4.37. The Labute approximate surface area is 37.2 Å². The monoisotopic (exact) mass is 169 g/mol. The molecule has 0 fully saturated rings. The second-order valence-corrected chi connectivity index (χ2v) is 2.50. The maximum absolute atomic E-state index is 3.53. The molecular formula is C3H6I+. The third kappa shape index (κ3) is 2.47. The molecule has 0 amide bonds. The summed E-state index contributed by atoms with van der Waals surface area (Å²) < 4.78 is 1.98. The third-order valence-electron chi connectivity index (χ3n) is 0.154. The Morgan fingerprint density at radius 1 is 2.00 bits per heavy atom. The average Bonchev–Trinajstić information content (AvgIpc) is 1.37. The van der Waals surface area contributed by atoms with Gasteiger partial charge in [0.25, 0.3) is 0 Å². The second-order valence-electron chi connectivity index (χ2n) is 0.373. The molecule has 0 aromatic carbocycles. The molecule has 0 nitrogen and oxygen atoms in total. The first kappa shape index (κ1) is 4.47. The third-order valence-corrected chi connectivity index (χ3v) is 1.04. The molecule has 0 heterocycles. The van der Waals surface area contributed by atoms with Crippen LogP contribution >= 0.6 is 0 Å². The number of halogens is 1. The van der Waals surface area contributed by atoms with E-state index in [0.29, 0.717) is 21.2 Å². The smallest absolute Gasteiger partial charge is 0.0530 e. The van der Waals surface area contributed by atoms with E-state index in [1.165, 1.54) is 0 Å². The van der Waals surface area contributed by atoms with Crippen LogP contribution in [0.4, 0.5) is 0 Å². The molecule has 0 N–H and O–H groups in total. The van der Waals surface area contributed by atoms with Crippen LogP contribution in [0, 0.1) is 0 Å². The lowest BCUT2D eigenvalue weighted by molar-refractivity contribution is -0.555. The Balaban J connectivity index is 2.30. The van der Waals surface area contributed by atoms with Gasteiger partial charge in [-0.05, 0) is 0 Å². The van der Waals surface area contributed by atoms with Crippen molar-refractivity contribution in [3.8, 4) is 0 Å². The van der Waals surface area contributed by atoms with Crippen molar-refractivity contribution in [1.29, 1.82) is 0 Å². The molecule has 0 unspecified atom stereocenters. The molecule has 0 aliphatic heterocycles. The molecule has 0 saturated carbocycles. The van der Waals surface area contributed by atoms with Gasteiger partial charge in [-0.25, -0.2) is 0 Å². The molecule has 0 bridgehead atoms. The largest absolute Gasteiger partial charge is 0.300 e. The SMILES string of the molecule is C=C[I+]C. The lowest BCUT2D eigenvalue weighted by Crippen LogP contribution is -3.57. The zero-order chi connectivity index (χ0) is 3.41. The molecule has 0 aromatic rings. The Bertz CT molecular complexity index is 17.2. The van der Waals surface area contributed by atoms with E-state index in [1.807, 2.05) is 4.08 Å². The summed E-state index contributed by atoms with van der Waals surface area (Å²) in [5.41, 5.74) is 0. The number of hydrogen-bond donors (Lipinski definition) is 0. The lowest BCUT2D eigenvalue weighted by Gasteiger charge is -1.32. The van der Waals surface area contributed by atoms with Crippen molar-refractivity contribution < 1.29 is 21.2 Å². The number of alkyl halides is 1. The molecule has 0 aromatic heterocycles. The molecule has 0 atom stereocenters. The molecule has 0 radical (unpaired) electrons. The first-order valence-corrected chi connectivity index (χ1v) is 4.41. The maximum atomic E-state index is 3.53. The summed E-state index contributed by atoms with van der Waals surface area (Å²) in [7, 11) is 0. The quantitative estimate of drug-likeness (QED) is 0.310. The Morgan fingerprint density at radius 2 is 2.25 bits per heavy atom. The minimum absolute atomic E-state index is 0.374. The molecule has 0 aliphatic rings. The molecule has 0 spiro atoms. The van der Waals surface area contributed by atoms with Gasteiger partial charge in [0.15, 0.2) is 0 Å². The zero-order valence-corrected chi connectivity index (χ0v) is 4.82. The molecule has 0 aliphatic carbocycles. The first-order valence-electron chi connectivity index (χ1n) is 1.00. The van der Waals surface area contributed by atoms with Crippen molar-refractivity contribution >= 4 is 0 Å². The predicted octanol–water partition coefficient (Wildman–Crippen LogP) is -2.15. The molecule has 1 heteroatoms. The molecule has 0 saturated heterocycles. The summed E-state index contributed by atoms with van der Waals surface area (Å²) in [6, 6.07) is 0. The van der Waals surface area contributed by atoms with Crippen LogP contribution in [-0.2, 0) is 0 Å². The van der Waals surface area contributed by atoms with Crippen LogP contribution in [0.2, 0.25) is 0 Å². The highest BCUT2D eigenvalue weighted by atomic mass is 127. The summed E-state index contributed by atoms with van der Waals surface area (Å²) in [5, 5.41) is 0. The van der Waals surface area contributed by atoms with Gasteiger partial charge >= 0.3 is 21.2 Å². The van der Waals surface area contributed by atoms with Crippen LogP contribution in [0.1, 0.15) is 0 Å². The van der Waals surface area contributed by atoms with E-state index in [9.17, 15) is 0 Å². The maximum Gasteiger partial charge on any atom is 0.300 e. The van der Waals surface area contributed by atoms with Crippen molar-refractivity contribution in [2.45, 2.75) is 0 Å². The fourth-order valence-electron chi connectivity index (χ4n) is 0. The second kappa shape index (κ2) is 3.47. The van der Waals surface area contributed by atoms with Gasteiger partial charge in [0, 0.05) is 0 Å². The van der Waals surface area contributed by atoms with Gasteiger partial charge in [0.05, 0.1) is 0 Å². The van der Waals surface area contributed by atoms with Gasteiger partial charge in [0.1, 0.15) is 9.01 Å². The number of hydrogen-bond acceptors (Lipinski definition) is 0. The van der Waals surface area contributed by atoms with Crippen LogP contribution in [0.25, 0.3) is 0 Å². The lowest BCUT2D eigenvalue weighted by atomic mass is 11.3. The van der Waals surface area contributed by atoms with E-state index in [4.69, 9.17) is 0 Å². The highest BCUT2D eigenvalue weighted by Gasteiger charge is 1.71. The van der Waals surface area contributed by atoms with Gasteiger partial charge in [-0.3, -0.25) is 0 Å². The average molecular weight is 169 g/mol.